The molecule has 11 heteroatoms. The largest absolute Gasteiger partial charge is 0.480 e. The molecule has 0 aromatic heterocycles. The number of carboxylic acid groups (broad SMARTS) is 1. The number of hydrogen-bond acceptors (Lipinski definition) is 7. The minimum Gasteiger partial charge on any atom is -0.480 e. The number of carboxylic acids is 1. The van der Waals surface area contributed by atoms with Crippen LogP contribution in [0.4, 0.5) is 0 Å². The first-order valence-electron chi connectivity index (χ1n) is 13.4. The Balaban J connectivity index is 3.04. The Hall–Kier alpha value is -3.02. The van der Waals surface area contributed by atoms with E-state index in [2.05, 4.69) is 16.0 Å². The molecule has 214 valence electrons. The summed E-state index contributed by atoms with van der Waals surface area (Å²) < 4.78 is 0. The van der Waals surface area contributed by atoms with Gasteiger partial charge < -0.3 is 38.3 Å². The molecule has 4 unspecified atom stereocenters. The molecule has 3 amide bonds. The zero-order valence-electron chi connectivity index (χ0n) is 22.7. The lowest BCUT2D eigenvalue weighted by atomic mass is 10.00. The Morgan fingerprint density at radius 3 is 1.84 bits per heavy atom. The Morgan fingerprint density at radius 1 is 0.763 bits per heavy atom. The van der Waals surface area contributed by atoms with Crippen LogP contribution in [0.15, 0.2) is 30.3 Å². The number of unbranched alkanes of at least 4 members (excludes halogenated alkanes) is 2. The van der Waals surface area contributed by atoms with Gasteiger partial charge in [-0.3, -0.25) is 14.4 Å². The molecule has 38 heavy (non-hydrogen) atoms. The van der Waals surface area contributed by atoms with Crippen molar-refractivity contribution in [2.24, 2.45) is 23.1 Å². The van der Waals surface area contributed by atoms with Gasteiger partial charge >= 0.3 is 5.97 Å². The van der Waals surface area contributed by atoms with Gasteiger partial charge in [-0.15, -0.1) is 0 Å². The molecule has 0 radical (unpaired) electrons. The van der Waals surface area contributed by atoms with E-state index in [1.165, 1.54) is 0 Å². The lowest BCUT2D eigenvalue weighted by Gasteiger charge is -2.26. The average molecular weight is 535 g/mol. The van der Waals surface area contributed by atoms with Crippen molar-refractivity contribution in [2.45, 2.75) is 89.4 Å². The summed E-state index contributed by atoms with van der Waals surface area (Å²) in [5.41, 5.74) is 17.8. The van der Waals surface area contributed by atoms with E-state index >= 15 is 0 Å². The maximum Gasteiger partial charge on any atom is 0.326 e. The van der Waals surface area contributed by atoms with Crippen molar-refractivity contribution in [1.29, 1.82) is 0 Å². The molecule has 0 aliphatic rings. The lowest BCUT2D eigenvalue weighted by Crippen LogP contribution is -2.57. The number of nitrogens with two attached hydrogens (primary N) is 3. The topological polar surface area (TPSA) is 203 Å². The highest BCUT2D eigenvalue weighted by atomic mass is 16.4. The van der Waals surface area contributed by atoms with Crippen molar-refractivity contribution >= 4 is 23.7 Å². The van der Waals surface area contributed by atoms with E-state index < -0.39 is 47.9 Å². The maximum absolute atomic E-state index is 13.3. The molecule has 1 aromatic rings. The molecule has 0 saturated heterocycles. The number of carbonyl (C=O) groups excluding carboxylic acids is 3. The Morgan fingerprint density at radius 2 is 1.29 bits per heavy atom. The second-order valence-electron chi connectivity index (χ2n) is 10.0. The summed E-state index contributed by atoms with van der Waals surface area (Å²) in [4.78, 5) is 51.0. The highest BCUT2D eigenvalue weighted by Gasteiger charge is 2.30. The molecule has 0 aliphatic carbocycles. The summed E-state index contributed by atoms with van der Waals surface area (Å²) in [5, 5.41) is 17.6. The predicted molar refractivity (Wildman–Crippen MR) is 147 cm³/mol. The maximum atomic E-state index is 13.3. The van der Waals surface area contributed by atoms with Crippen molar-refractivity contribution in [1.82, 2.24) is 16.0 Å². The quantitative estimate of drug-likeness (QED) is 0.123. The summed E-state index contributed by atoms with van der Waals surface area (Å²) in [6, 6.07) is 5.24. The third kappa shape index (κ3) is 13.0. The van der Waals surface area contributed by atoms with Crippen molar-refractivity contribution in [3.05, 3.63) is 35.9 Å². The molecule has 0 aliphatic heterocycles. The lowest BCUT2D eigenvalue weighted by molar-refractivity contribution is -0.142. The van der Waals surface area contributed by atoms with Gasteiger partial charge in [-0.2, -0.15) is 0 Å². The first kappa shape index (κ1) is 33.0. The number of amides is 3. The van der Waals surface area contributed by atoms with Crippen LogP contribution in [0.2, 0.25) is 0 Å². The van der Waals surface area contributed by atoms with Gasteiger partial charge in [0, 0.05) is 6.42 Å². The fourth-order valence-electron chi connectivity index (χ4n) is 3.98. The Bertz CT molecular complexity index is 867. The fraction of sp³-hybridized carbons (Fsp3) is 0.630. The standard InChI is InChI=1S/C27H46N6O5/c1-18(2)16-22(32-24(34)20(30)12-6-8-14-28)25(35)33-23(17-19-10-4-3-5-11-19)26(36)31-21(27(37)38)13-7-9-15-29/h3-5,10-11,18,20-23H,6-9,12-17,28-30H2,1-2H3,(H,31,36)(H,32,34)(H,33,35)(H,37,38). The van der Waals surface area contributed by atoms with Crippen molar-refractivity contribution in [2.75, 3.05) is 13.1 Å². The minimum absolute atomic E-state index is 0.0693. The molecule has 0 heterocycles. The zero-order chi connectivity index (χ0) is 28.5. The summed E-state index contributed by atoms with van der Waals surface area (Å²) in [6.07, 6.45) is 3.76. The fourth-order valence-corrected chi connectivity index (χ4v) is 3.98. The van der Waals surface area contributed by atoms with Gasteiger partial charge in [0.05, 0.1) is 6.04 Å². The molecule has 10 N–H and O–H groups in total. The van der Waals surface area contributed by atoms with Gasteiger partial charge in [0.25, 0.3) is 0 Å². The van der Waals surface area contributed by atoms with Crippen molar-refractivity contribution < 1.29 is 24.3 Å². The third-order valence-corrected chi connectivity index (χ3v) is 6.12. The monoisotopic (exact) mass is 534 g/mol. The van der Waals surface area contributed by atoms with Gasteiger partial charge in [-0.1, -0.05) is 50.6 Å². The minimum atomic E-state index is -1.16. The smallest absolute Gasteiger partial charge is 0.326 e. The van der Waals surface area contributed by atoms with Crippen LogP contribution in [0.3, 0.4) is 0 Å². The van der Waals surface area contributed by atoms with E-state index in [4.69, 9.17) is 17.2 Å². The number of benzene rings is 1. The third-order valence-electron chi connectivity index (χ3n) is 6.12. The molecule has 0 bridgehead atoms. The molecule has 1 aromatic carbocycles. The van der Waals surface area contributed by atoms with Gasteiger partial charge in [0.15, 0.2) is 0 Å². The second-order valence-corrected chi connectivity index (χ2v) is 10.0. The number of carbonyl (C=O) groups is 4. The molecule has 11 nitrogen and oxygen atoms in total. The van der Waals surface area contributed by atoms with Crippen molar-refractivity contribution in [3.8, 4) is 0 Å². The zero-order valence-corrected chi connectivity index (χ0v) is 22.7. The van der Waals surface area contributed by atoms with Crippen LogP contribution in [-0.4, -0.2) is 66.1 Å². The van der Waals surface area contributed by atoms with E-state index in [-0.39, 0.29) is 18.8 Å². The molecule has 0 saturated carbocycles. The number of nitrogens with one attached hydrogen (secondary N) is 3. The van der Waals surface area contributed by atoms with Crippen LogP contribution < -0.4 is 33.2 Å². The number of hydrogen-bond donors (Lipinski definition) is 7. The van der Waals surface area contributed by atoms with Crippen LogP contribution >= 0.6 is 0 Å². The van der Waals surface area contributed by atoms with Gasteiger partial charge in [-0.05, 0) is 63.1 Å². The average Bonchev–Trinajstić information content (AvgIpc) is 2.87. The molecular weight excluding hydrogens is 488 g/mol. The first-order valence-corrected chi connectivity index (χ1v) is 13.4. The van der Waals surface area contributed by atoms with E-state index in [1.54, 1.807) is 0 Å². The number of aliphatic carboxylic acids is 1. The highest BCUT2D eigenvalue weighted by Crippen LogP contribution is 2.10. The Kier molecular flexibility index (Phi) is 15.9. The van der Waals surface area contributed by atoms with Gasteiger partial charge in [-0.25, -0.2) is 4.79 Å². The summed E-state index contributed by atoms with van der Waals surface area (Å²) in [5.74, 6) is -2.69. The van der Waals surface area contributed by atoms with Crippen molar-refractivity contribution in [3.63, 3.8) is 0 Å². The molecule has 4 atom stereocenters. The normalized spacial score (nSPS) is 14.3. The summed E-state index contributed by atoms with van der Waals surface area (Å²) in [6.45, 7) is 4.76. The Labute approximate surface area is 225 Å². The van der Waals surface area contributed by atoms with E-state index in [0.717, 1.165) is 12.0 Å². The molecule has 0 spiro atoms. The van der Waals surface area contributed by atoms with Gasteiger partial charge in [0.1, 0.15) is 18.1 Å². The van der Waals surface area contributed by atoms with E-state index in [9.17, 15) is 24.3 Å². The highest BCUT2D eigenvalue weighted by molar-refractivity contribution is 5.94. The predicted octanol–water partition coefficient (Wildman–Crippen LogP) is 0.400. The van der Waals surface area contributed by atoms with Crippen LogP contribution in [0.25, 0.3) is 0 Å². The van der Waals surface area contributed by atoms with Crippen LogP contribution in [-0.2, 0) is 25.6 Å². The summed E-state index contributed by atoms with van der Waals surface area (Å²) >= 11 is 0. The van der Waals surface area contributed by atoms with Crippen LogP contribution in [0.5, 0.6) is 0 Å². The first-order chi connectivity index (χ1) is 18.1. The van der Waals surface area contributed by atoms with E-state index in [0.29, 0.717) is 45.2 Å². The van der Waals surface area contributed by atoms with Crippen LogP contribution in [0.1, 0.15) is 64.4 Å². The summed E-state index contributed by atoms with van der Waals surface area (Å²) in [7, 11) is 0. The molecular formula is C27H46N6O5. The molecule has 0 fully saturated rings. The number of rotatable bonds is 19. The van der Waals surface area contributed by atoms with Gasteiger partial charge in [0.2, 0.25) is 17.7 Å². The van der Waals surface area contributed by atoms with Crippen LogP contribution in [0, 0.1) is 5.92 Å². The molecule has 1 rings (SSSR count). The van der Waals surface area contributed by atoms with E-state index in [1.807, 2.05) is 44.2 Å². The SMILES string of the molecule is CC(C)CC(NC(=O)C(N)CCCCN)C(=O)NC(Cc1ccccc1)C(=O)NC(CCCCN)C(=O)O. The second kappa shape index (κ2) is 18.3.